The largest absolute Gasteiger partial charge is 0.493 e. The van der Waals surface area contributed by atoms with Crippen LogP contribution in [0.15, 0.2) is 78.9 Å². The van der Waals surface area contributed by atoms with E-state index in [-0.39, 0.29) is 18.8 Å². The van der Waals surface area contributed by atoms with Crippen molar-refractivity contribution in [3.8, 4) is 16.9 Å². The lowest BCUT2D eigenvalue weighted by Gasteiger charge is -2.14. The first-order valence-corrected chi connectivity index (χ1v) is 14.4. The van der Waals surface area contributed by atoms with Crippen LogP contribution in [0.3, 0.4) is 0 Å². The second kappa shape index (κ2) is 11.0. The van der Waals surface area contributed by atoms with Crippen LogP contribution in [0.1, 0.15) is 45.0 Å². The van der Waals surface area contributed by atoms with E-state index >= 15 is 4.39 Å². The highest BCUT2D eigenvalue weighted by Crippen LogP contribution is 2.40. The molecule has 0 saturated heterocycles. The van der Waals surface area contributed by atoms with Crippen LogP contribution in [-0.2, 0) is 30.9 Å². The molecule has 0 unspecified atom stereocenters. The van der Waals surface area contributed by atoms with Crippen molar-refractivity contribution in [3.05, 3.63) is 118 Å². The first-order chi connectivity index (χ1) is 21.0. The van der Waals surface area contributed by atoms with Gasteiger partial charge in [-0.15, -0.1) is 0 Å². The van der Waals surface area contributed by atoms with Gasteiger partial charge in [0, 0.05) is 34.1 Å². The van der Waals surface area contributed by atoms with Crippen LogP contribution >= 0.6 is 0 Å². The topological polar surface area (TPSA) is 89.4 Å². The van der Waals surface area contributed by atoms with E-state index in [1.54, 1.807) is 10.6 Å². The van der Waals surface area contributed by atoms with Gasteiger partial charge >= 0.3 is 5.97 Å². The van der Waals surface area contributed by atoms with E-state index in [4.69, 9.17) is 9.47 Å². The molecule has 0 radical (unpaired) electrons. The minimum absolute atomic E-state index is 0.157. The van der Waals surface area contributed by atoms with Crippen molar-refractivity contribution < 1.29 is 23.8 Å². The summed E-state index contributed by atoms with van der Waals surface area (Å²) in [7, 11) is 0. The number of aromatic carboxylic acids is 1. The predicted octanol–water partition coefficient (Wildman–Crippen LogP) is 7.42. The number of rotatable bonds is 6. The molecule has 216 valence electrons. The van der Waals surface area contributed by atoms with Gasteiger partial charge in [0.2, 0.25) is 0 Å². The lowest BCUT2D eigenvalue weighted by molar-refractivity contribution is 0.0684. The average Bonchev–Trinajstić information content (AvgIpc) is 3.52. The molecule has 0 spiro atoms. The summed E-state index contributed by atoms with van der Waals surface area (Å²) >= 11 is 0. The predicted molar refractivity (Wildman–Crippen MR) is 163 cm³/mol. The van der Waals surface area contributed by atoms with Crippen molar-refractivity contribution in [2.75, 3.05) is 6.61 Å². The van der Waals surface area contributed by atoms with Gasteiger partial charge in [-0.3, -0.25) is 5.10 Å². The second-order valence-electron chi connectivity index (χ2n) is 10.9. The number of aryl methyl sites for hydroxylation is 2. The molecule has 7 rings (SSSR count). The number of aromatic nitrogens is 3. The van der Waals surface area contributed by atoms with Crippen LogP contribution in [0.5, 0.6) is 5.75 Å². The standard InChI is InChI=1S/C35H30FN3O4/c1-21-31-29(38-37-21)20-42-19-24-10-3-2-9-23(24)18-39-33-27(15-16-28(36)32(31)33)26(34(39)35(40)41)13-7-17-43-30-14-6-11-22-8-4-5-12-25(22)30/h2-6,8-12,14-16H,7,13,17-20H2,1H3,(H,37,38)(H,40,41). The van der Waals surface area contributed by atoms with Gasteiger partial charge in [-0.25, -0.2) is 9.18 Å². The Kier molecular flexibility index (Phi) is 6.91. The molecule has 1 aliphatic heterocycles. The number of carboxylic acids is 1. The number of fused-ring (bicyclic) bond motifs is 4. The molecule has 6 aromatic rings. The molecule has 1 aliphatic rings. The summed E-state index contributed by atoms with van der Waals surface area (Å²) < 4.78 is 29.9. The molecule has 8 heteroatoms. The number of ether oxygens (including phenoxy) is 2. The molecular weight excluding hydrogens is 545 g/mol. The van der Waals surface area contributed by atoms with Crippen molar-refractivity contribution in [1.82, 2.24) is 14.8 Å². The molecule has 0 saturated carbocycles. The summed E-state index contributed by atoms with van der Waals surface area (Å²) in [5.41, 5.74) is 5.45. The maximum absolute atomic E-state index is 15.9. The SMILES string of the molecule is Cc1[nH]nc2c1-c1c(F)ccc3c(CCCOc4cccc5ccccc45)c(C(=O)O)n(c13)Cc1ccccc1COC2. The highest BCUT2D eigenvalue weighted by Gasteiger charge is 2.29. The highest BCUT2D eigenvalue weighted by molar-refractivity contribution is 6.04. The van der Waals surface area contributed by atoms with E-state index in [1.807, 2.05) is 73.7 Å². The third kappa shape index (κ3) is 4.73. The fourth-order valence-corrected chi connectivity index (χ4v) is 6.34. The van der Waals surface area contributed by atoms with Crippen molar-refractivity contribution in [3.63, 3.8) is 0 Å². The van der Waals surface area contributed by atoms with E-state index in [9.17, 15) is 9.90 Å². The Hall–Kier alpha value is -4.95. The number of halogens is 1. The lowest BCUT2D eigenvalue weighted by atomic mass is 9.97. The molecule has 0 aliphatic carbocycles. The number of benzene rings is 4. The van der Waals surface area contributed by atoms with Crippen LogP contribution < -0.4 is 4.74 Å². The number of carboxylic acid groups (broad SMARTS) is 1. The minimum atomic E-state index is -1.06. The van der Waals surface area contributed by atoms with Crippen LogP contribution in [0.2, 0.25) is 0 Å². The second-order valence-corrected chi connectivity index (χ2v) is 10.9. The van der Waals surface area contributed by atoms with E-state index in [0.29, 0.717) is 65.0 Å². The summed E-state index contributed by atoms with van der Waals surface area (Å²) in [6.07, 6.45) is 1.03. The Morgan fingerprint density at radius 2 is 1.77 bits per heavy atom. The first kappa shape index (κ1) is 26.9. The molecule has 2 N–H and O–H groups in total. The Balaban J connectivity index is 1.35. The molecule has 0 amide bonds. The highest BCUT2D eigenvalue weighted by atomic mass is 19.1. The fraction of sp³-hybridized carbons (Fsp3) is 0.200. The zero-order chi connectivity index (χ0) is 29.5. The molecular formula is C35H30FN3O4. The fourth-order valence-electron chi connectivity index (χ4n) is 6.34. The van der Waals surface area contributed by atoms with Crippen LogP contribution in [-0.4, -0.2) is 32.4 Å². The number of aromatic amines is 1. The van der Waals surface area contributed by atoms with Crippen molar-refractivity contribution >= 4 is 27.6 Å². The van der Waals surface area contributed by atoms with Gasteiger partial charge in [0.05, 0.1) is 31.0 Å². The summed E-state index contributed by atoms with van der Waals surface area (Å²) in [5, 5.41) is 20.9. The van der Waals surface area contributed by atoms with Gasteiger partial charge in [0.1, 0.15) is 17.3 Å². The number of H-pyrrole nitrogens is 1. The van der Waals surface area contributed by atoms with Crippen molar-refractivity contribution in [2.24, 2.45) is 0 Å². The number of nitrogens with one attached hydrogen (secondary N) is 1. The van der Waals surface area contributed by atoms with Gasteiger partial charge in [0.25, 0.3) is 0 Å². The average molecular weight is 576 g/mol. The summed E-state index contributed by atoms with van der Waals surface area (Å²) in [5.74, 6) is -0.702. The number of nitrogens with zero attached hydrogens (tertiary/aromatic N) is 2. The number of hydrogen-bond donors (Lipinski definition) is 2. The molecule has 7 nitrogen and oxygen atoms in total. The first-order valence-electron chi connectivity index (χ1n) is 14.4. The molecule has 2 aromatic heterocycles. The zero-order valence-electron chi connectivity index (χ0n) is 23.7. The lowest BCUT2D eigenvalue weighted by Crippen LogP contribution is -2.13. The Morgan fingerprint density at radius 1 is 0.977 bits per heavy atom. The molecule has 4 aromatic carbocycles. The van der Waals surface area contributed by atoms with Gasteiger partial charge in [-0.1, -0.05) is 60.7 Å². The minimum Gasteiger partial charge on any atom is -0.493 e. The third-order valence-corrected chi connectivity index (χ3v) is 8.27. The Labute approximate surface area is 247 Å². The van der Waals surface area contributed by atoms with E-state index in [0.717, 1.165) is 27.6 Å². The van der Waals surface area contributed by atoms with Crippen LogP contribution in [0.4, 0.5) is 4.39 Å². The van der Waals surface area contributed by atoms with Crippen LogP contribution in [0.25, 0.3) is 32.8 Å². The Bertz CT molecular complexity index is 2000. The summed E-state index contributed by atoms with van der Waals surface area (Å²) in [6, 6.07) is 24.9. The van der Waals surface area contributed by atoms with Gasteiger partial charge in [0.15, 0.2) is 0 Å². The zero-order valence-corrected chi connectivity index (χ0v) is 23.7. The van der Waals surface area contributed by atoms with Gasteiger partial charge in [-0.05, 0) is 60.0 Å². The maximum Gasteiger partial charge on any atom is 0.352 e. The number of carbonyl (C=O) groups is 1. The molecule has 0 fully saturated rings. The summed E-state index contributed by atoms with van der Waals surface area (Å²) in [6.45, 7) is 3.02. The molecule has 0 bridgehead atoms. The van der Waals surface area contributed by atoms with Gasteiger partial charge < -0.3 is 19.1 Å². The normalized spacial score (nSPS) is 13.0. The number of hydrogen-bond acceptors (Lipinski definition) is 4. The van der Waals surface area contributed by atoms with Gasteiger partial charge in [-0.2, -0.15) is 5.10 Å². The smallest absolute Gasteiger partial charge is 0.352 e. The van der Waals surface area contributed by atoms with Crippen molar-refractivity contribution in [2.45, 2.75) is 39.5 Å². The summed E-state index contributed by atoms with van der Waals surface area (Å²) in [4.78, 5) is 13.0. The van der Waals surface area contributed by atoms with Crippen LogP contribution in [0, 0.1) is 12.7 Å². The van der Waals surface area contributed by atoms with E-state index in [2.05, 4.69) is 10.2 Å². The monoisotopic (exact) mass is 575 g/mol. The molecule has 0 atom stereocenters. The quantitative estimate of drug-likeness (QED) is 0.202. The molecule has 3 heterocycles. The van der Waals surface area contributed by atoms with E-state index < -0.39 is 11.8 Å². The maximum atomic E-state index is 15.9. The van der Waals surface area contributed by atoms with Crippen molar-refractivity contribution in [1.29, 1.82) is 0 Å². The third-order valence-electron chi connectivity index (χ3n) is 8.27. The van der Waals surface area contributed by atoms with E-state index in [1.165, 1.54) is 6.07 Å². The molecule has 43 heavy (non-hydrogen) atoms. The Morgan fingerprint density at radius 3 is 2.63 bits per heavy atom.